The van der Waals surface area contributed by atoms with E-state index in [1.807, 2.05) is 30.3 Å². The Balaban J connectivity index is 2.13. The minimum absolute atomic E-state index is 0.126. The van der Waals surface area contributed by atoms with Gasteiger partial charge in [0, 0.05) is 28.9 Å². The van der Waals surface area contributed by atoms with E-state index in [1.165, 1.54) is 6.07 Å². The summed E-state index contributed by atoms with van der Waals surface area (Å²) in [5, 5.41) is 14.7. The molecule has 0 heterocycles. The molecule has 0 aliphatic rings. The highest BCUT2D eigenvalue weighted by molar-refractivity contribution is 6.30. The largest absolute Gasteiger partial charge is 0.381 e. The third kappa shape index (κ3) is 3.23. The molecule has 0 aliphatic heterocycles. The third-order valence-electron chi connectivity index (χ3n) is 2.90. The van der Waals surface area contributed by atoms with E-state index < -0.39 is 0 Å². The number of hydrogen-bond donors (Lipinski definition) is 1. The predicted molar refractivity (Wildman–Crippen MR) is 76.6 cm³/mol. The average molecular weight is 277 g/mol. The van der Waals surface area contributed by atoms with E-state index in [0.29, 0.717) is 17.1 Å². The quantitative estimate of drug-likeness (QED) is 0.673. The van der Waals surface area contributed by atoms with Crippen molar-refractivity contribution in [3.05, 3.63) is 68.7 Å². The van der Waals surface area contributed by atoms with Crippen LogP contribution in [0.5, 0.6) is 0 Å². The molecular weight excluding hydrogens is 264 g/mol. The van der Waals surface area contributed by atoms with Gasteiger partial charge in [-0.15, -0.1) is 0 Å². The van der Waals surface area contributed by atoms with Crippen LogP contribution in [0.25, 0.3) is 0 Å². The number of nitrogens with one attached hydrogen (secondary N) is 1. The summed E-state index contributed by atoms with van der Waals surface area (Å²) in [5.74, 6) is 0. The molecule has 0 spiro atoms. The van der Waals surface area contributed by atoms with Crippen molar-refractivity contribution in [2.24, 2.45) is 0 Å². The topological polar surface area (TPSA) is 55.2 Å². The van der Waals surface area contributed by atoms with Crippen molar-refractivity contribution in [1.82, 2.24) is 0 Å². The lowest BCUT2D eigenvalue weighted by Crippen LogP contribution is -2.02. The fraction of sp³-hybridized carbons (Fsp3) is 0.143. The van der Waals surface area contributed by atoms with Gasteiger partial charge in [-0.3, -0.25) is 10.1 Å². The standard InChI is InChI=1S/C14H13ClN2O2/c1-10-13(3-2-4-14(10)17(18)19)16-9-11-5-7-12(15)8-6-11/h2-8,16H,9H2,1H3. The van der Waals surface area contributed by atoms with Gasteiger partial charge in [0.15, 0.2) is 0 Å². The lowest BCUT2D eigenvalue weighted by Gasteiger charge is -2.09. The number of halogens is 1. The van der Waals surface area contributed by atoms with Gasteiger partial charge in [0.1, 0.15) is 0 Å². The van der Waals surface area contributed by atoms with Crippen molar-refractivity contribution in [1.29, 1.82) is 0 Å². The van der Waals surface area contributed by atoms with E-state index in [4.69, 9.17) is 11.6 Å². The third-order valence-corrected chi connectivity index (χ3v) is 3.15. The molecule has 0 unspecified atom stereocenters. The van der Waals surface area contributed by atoms with Crippen LogP contribution >= 0.6 is 11.6 Å². The number of nitrogens with zero attached hydrogens (tertiary/aromatic N) is 1. The Hall–Kier alpha value is -2.07. The summed E-state index contributed by atoms with van der Waals surface area (Å²) in [4.78, 5) is 10.5. The van der Waals surface area contributed by atoms with Gasteiger partial charge in [-0.25, -0.2) is 0 Å². The number of nitro groups is 1. The molecule has 98 valence electrons. The Labute approximate surface area is 116 Å². The second kappa shape index (κ2) is 5.71. The molecule has 1 N–H and O–H groups in total. The van der Waals surface area contributed by atoms with Gasteiger partial charge in [0.05, 0.1) is 4.92 Å². The fourth-order valence-corrected chi connectivity index (χ4v) is 1.94. The van der Waals surface area contributed by atoms with Gasteiger partial charge in [-0.1, -0.05) is 29.8 Å². The minimum atomic E-state index is -0.372. The Morgan fingerprint density at radius 3 is 2.53 bits per heavy atom. The van der Waals surface area contributed by atoms with E-state index in [2.05, 4.69) is 5.32 Å². The Bertz CT molecular complexity index is 597. The van der Waals surface area contributed by atoms with Crippen LogP contribution in [0.1, 0.15) is 11.1 Å². The monoisotopic (exact) mass is 276 g/mol. The molecule has 2 aromatic carbocycles. The van der Waals surface area contributed by atoms with Crippen molar-refractivity contribution < 1.29 is 4.92 Å². The van der Waals surface area contributed by atoms with Crippen molar-refractivity contribution in [2.75, 3.05) is 5.32 Å². The number of rotatable bonds is 4. The molecule has 0 fully saturated rings. The highest BCUT2D eigenvalue weighted by atomic mass is 35.5. The van der Waals surface area contributed by atoms with Gasteiger partial charge in [0.25, 0.3) is 5.69 Å². The molecule has 0 saturated carbocycles. The zero-order valence-electron chi connectivity index (χ0n) is 10.4. The molecular formula is C14H13ClN2O2. The van der Waals surface area contributed by atoms with E-state index >= 15 is 0 Å². The molecule has 0 aliphatic carbocycles. The first-order valence-electron chi connectivity index (χ1n) is 5.80. The predicted octanol–water partition coefficient (Wildman–Crippen LogP) is 4.17. The first-order chi connectivity index (χ1) is 9.08. The zero-order valence-corrected chi connectivity index (χ0v) is 11.1. The van der Waals surface area contributed by atoms with Gasteiger partial charge in [-0.2, -0.15) is 0 Å². The van der Waals surface area contributed by atoms with E-state index in [-0.39, 0.29) is 10.6 Å². The number of hydrogen-bond acceptors (Lipinski definition) is 3. The minimum Gasteiger partial charge on any atom is -0.381 e. The molecule has 0 radical (unpaired) electrons. The molecule has 19 heavy (non-hydrogen) atoms. The second-order valence-corrected chi connectivity index (χ2v) is 4.62. The first-order valence-corrected chi connectivity index (χ1v) is 6.18. The molecule has 4 nitrogen and oxygen atoms in total. The summed E-state index contributed by atoms with van der Waals surface area (Å²) in [6.07, 6.45) is 0. The van der Waals surface area contributed by atoms with Crippen molar-refractivity contribution in [3.63, 3.8) is 0 Å². The molecule has 2 rings (SSSR count). The van der Waals surface area contributed by atoms with Crippen LogP contribution in [0.15, 0.2) is 42.5 Å². The maximum atomic E-state index is 10.8. The lowest BCUT2D eigenvalue weighted by atomic mass is 10.1. The second-order valence-electron chi connectivity index (χ2n) is 4.19. The summed E-state index contributed by atoms with van der Waals surface area (Å²) in [6.45, 7) is 2.33. The van der Waals surface area contributed by atoms with Crippen LogP contribution in [0.4, 0.5) is 11.4 Å². The summed E-state index contributed by atoms with van der Waals surface area (Å²) in [6, 6.07) is 12.5. The van der Waals surface area contributed by atoms with Crippen LogP contribution in [0, 0.1) is 17.0 Å². The van der Waals surface area contributed by atoms with Crippen molar-refractivity contribution in [3.8, 4) is 0 Å². The van der Waals surface area contributed by atoms with Gasteiger partial charge in [-0.05, 0) is 30.7 Å². The van der Waals surface area contributed by atoms with Gasteiger partial charge < -0.3 is 5.32 Å². The molecule has 0 bridgehead atoms. The lowest BCUT2D eigenvalue weighted by molar-refractivity contribution is -0.385. The molecule has 5 heteroatoms. The van der Waals surface area contributed by atoms with E-state index in [1.54, 1.807) is 13.0 Å². The highest BCUT2D eigenvalue weighted by Crippen LogP contribution is 2.25. The fourth-order valence-electron chi connectivity index (χ4n) is 1.81. The summed E-state index contributed by atoms with van der Waals surface area (Å²) < 4.78 is 0. The maximum Gasteiger partial charge on any atom is 0.274 e. The SMILES string of the molecule is Cc1c(NCc2ccc(Cl)cc2)cccc1[N+](=O)[O-]. The molecule has 0 amide bonds. The molecule has 0 aromatic heterocycles. The molecule has 0 atom stereocenters. The van der Waals surface area contributed by atoms with Gasteiger partial charge >= 0.3 is 0 Å². The Kier molecular flexibility index (Phi) is 4.02. The van der Waals surface area contributed by atoms with Crippen LogP contribution in [0.3, 0.4) is 0 Å². The summed E-state index contributed by atoms with van der Waals surface area (Å²) in [5.41, 5.74) is 2.60. The molecule has 0 saturated heterocycles. The average Bonchev–Trinajstić information content (AvgIpc) is 2.39. The van der Waals surface area contributed by atoms with E-state index in [0.717, 1.165) is 11.3 Å². The normalized spacial score (nSPS) is 10.2. The Morgan fingerprint density at radius 1 is 1.21 bits per heavy atom. The smallest absolute Gasteiger partial charge is 0.274 e. The number of anilines is 1. The Morgan fingerprint density at radius 2 is 1.89 bits per heavy atom. The zero-order chi connectivity index (χ0) is 13.8. The summed E-state index contributed by atoms with van der Waals surface area (Å²) in [7, 11) is 0. The first kappa shape index (κ1) is 13.4. The van der Waals surface area contributed by atoms with Crippen LogP contribution < -0.4 is 5.32 Å². The highest BCUT2D eigenvalue weighted by Gasteiger charge is 2.12. The maximum absolute atomic E-state index is 10.8. The van der Waals surface area contributed by atoms with E-state index in [9.17, 15) is 10.1 Å². The van der Waals surface area contributed by atoms with Crippen LogP contribution in [0.2, 0.25) is 5.02 Å². The van der Waals surface area contributed by atoms with Gasteiger partial charge in [0.2, 0.25) is 0 Å². The number of nitro benzene ring substituents is 1. The van der Waals surface area contributed by atoms with Crippen LogP contribution in [-0.4, -0.2) is 4.92 Å². The van der Waals surface area contributed by atoms with Crippen molar-refractivity contribution in [2.45, 2.75) is 13.5 Å². The van der Waals surface area contributed by atoms with Crippen LogP contribution in [-0.2, 0) is 6.54 Å². The number of benzene rings is 2. The van der Waals surface area contributed by atoms with Crippen molar-refractivity contribution >= 4 is 23.0 Å². The molecule has 2 aromatic rings. The summed E-state index contributed by atoms with van der Waals surface area (Å²) >= 11 is 5.81.